The Morgan fingerprint density at radius 3 is 2.31 bits per heavy atom. The van der Waals surface area contributed by atoms with Crippen molar-refractivity contribution in [1.29, 1.82) is 0 Å². The van der Waals surface area contributed by atoms with Crippen LogP contribution in [0.1, 0.15) is 5.56 Å². The van der Waals surface area contributed by atoms with Crippen LogP contribution in [0.5, 0.6) is 11.5 Å². The zero-order valence-electron chi connectivity index (χ0n) is 8.49. The molecule has 2 aromatic rings. The lowest BCUT2D eigenvalue weighted by atomic mass is 10.2. The van der Waals surface area contributed by atoms with Crippen LogP contribution in [0.4, 0.5) is 0 Å². The van der Waals surface area contributed by atoms with Crippen molar-refractivity contribution in [2.24, 2.45) is 0 Å². The quantitative estimate of drug-likeness (QED) is 0.702. The fourth-order valence-electron chi connectivity index (χ4n) is 1.31. The van der Waals surface area contributed by atoms with Gasteiger partial charge in [0.05, 0.1) is 0 Å². The standard InChI is InChI=1S/C13H10Br2O/c14-9-10-4-6-12(7-5-10)16-13-3-1-2-11(15)8-13/h1-8H,9H2. The molecule has 82 valence electrons. The van der Waals surface area contributed by atoms with Crippen LogP contribution in [0.2, 0.25) is 0 Å². The molecule has 0 unspecified atom stereocenters. The highest BCUT2D eigenvalue weighted by Gasteiger charge is 1.98. The van der Waals surface area contributed by atoms with Gasteiger partial charge in [-0.2, -0.15) is 0 Å². The van der Waals surface area contributed by atoms with Crippen LogP contribution in [0, 0.1) is 0 Å². The summed E-state index contributed by atoms with van der Waals surface area (Å²) in [6.07, 6.45) is 0. The molecule has 1 nitrogen and oxygen atoms in total. The largest absolute Gasteiger partial charge is 0.457 e. The number of benzene rings is 2. The molecule has 2 aromatic carbocycles. The molecule has 0 aliphatic rings. The topological polar surface area (TPSA) is 9.23 Å². The second-order valence-electron chi connectivity index (χ2n) is 3.34. The minimum atomic E-state index is 0.834. The molecule has 3 heteroatoms. The Kier molecular flexibility index (Phi) is 4.02. The molecule has 0 amide bonds. The van der Waals surface area contributed by atoms with Crippen LogP contribution in [0.3, 0.4) is 0 Å². The fourth-order valence-corrected chi connectivity index (χ4v) is 2.07. The molecule has 0 aliphatic carbocycles. The first-order valence-electron chi connectivity index (χ1n) is 4.86. The van der Waals surface area contributed by atoms with Gasteiger partial charge in [-0.15, -0.1) is 0 Å². The maximum atomic E-state index is 5.71. The van der Waals surface area contributed by atoms with E-state index in [9.17, 15) is 0 Å². The summed E-state index contributed by atoms with van der Waals surface area (Å²) < 4.78 is 6.73. The van der Waals surface area contributed by atoms with Crippen molar-refractivity contribution in [2.45, 2.75) is 5.33 Å². The van der Waals surface area contributed by atoms with Gasteiger partial charge in [-0.25, -0.2) is 0 Å². The molecule has 0 saturated heterocycles. The summed E-state index contributed by atoms with van der Waals surface area (Å²) in [4.78, 5) is 0. The van der Waals surface area contributed by atoms with Crippen LogP contribution < -0.4 is 4.74 Å². The molecule has 0 saturated carbocycles. The summed E-state index contributed by atoms with van der Waals surface area (Å²) in [6, 6.07) is 15.8. The van der Waals surface area contributed by atoms with Crippen LogP contribution in [0.25, 0.3) is 0 Å². The van der Waals surface area contributed by atoms with Crippen LogP contribution in [-0.4, -0.2) is 0 Å². The highest BCUT2D eigenvalue weighted by molar-refractivity contribution is 9.10. The average molecular weight is 342 g/mol. The highest BCUT2D eigenvalue weighted by atomic mass is 79.9. The Labute approximate surface area is 112 Å². The molecular formula is C13H10Br2O. The summed E-state index contributed by atoms with van der Waals surface area (Å²) >= 11 is 6.82. The maximum Gasteiger partial charge on any atom is 0.128 e. The molecule has 0 fully saturated rings. The van der Waals surface area contributed by atoms with Gasteiger partial charge in [0, 0.05) is 9.80 Å². The maximum absolute atomic E-state index is 5.71. The van der Waals surface area contributed by atoms with Gasteiger partial charge >= 0.3 is 0 Å². The molecule has 0 radical (unpaired) electrons. The predicted molar refractivity (Wildman–Crippen MR) is 73.3 cm³/mol. The second-order valence-corrected chi connectivity index (χ2v) is 4.81. The first-order chi connectivity index (χ1) is 7.78. The third kappa shape index (κ3) is 3.09. The van der Waals surface area contributed by atoms with Gasteiger partial charge in [-0.3, -0.25) is 0 Å². The number of ether oxygens (including phenoxy) is 1. The first kappa shape index (κ1) is 11.7. The van der Waals surface area contributed by atoms with Crippen molar-refractivity contribution >= 4 is 31.9 Å². The van der Waals surface area contributed by atoms with E-state index >= 15 is 0 Å². The van der Waals surface area contributed by atoms with E-state index < -0.39 is 0 Å². The van der Waals surface area contributed by atoms with E-state index in [-0.39, 0.29) is 0 Å². The van der Waals surface area contributed by atoms with Gasteiger partial charge in [0.25, 0.3) is 0 Å². The summed E-state index contributed by atoms with van der Waals surface area (Å²) in [5, 5.41) is 0.865. The average Bonchev–Trinajstić information content (AvgIpc) is 2.30. The summed E-state index contributed by atoms with van der Waals surface area (Å²) in [6.45, 7) is 0. The number of hydrogen-bond donors (Lipinski definition) is 0. The van der Waals surface area contributed by atoms with Crippen molar-refractivity contribution in [3.63, 3.8) is 0 Å². The lowest BCUT2D eigenvalue weighted by Crippen LogP contribution is -1.84. The van der Waals surface area contributed by atoms with Crippen LogP contribution >= 0.6 is 31.9 Å². The number of halogens is 2. The molecule has 0 spiro atoms. The van der Waals surface area contributed by atoms with Gasteiger partial charge in [0.1, 0.15) is 11.5 Å². The Morgan fingerprint density at radius 2 is 1.69 bits per heavy atom. The van der Waals surface area contributed by atoms with Gasteiger partial charge in [-0.05, 0) is 35.9 Å². The smallest absolute Gasteiger partial charge is 0.128 e. The van der Waals surface area contributed by atoms with Gasteiger partial charge in [0.2, 0.25) is 0 Å². The molecule has 0 aromatic heterocycles. The van der Waals surface area contributed by atoms with Crippen molar-refractivity contribution < 1.29 is 4.74 Å². The monoisotopic (exact) mass is 340 g/mol. The molecule has 0 atom stereocenters. The molecule has 16 heavy (non-hydrogen) atoms. The fraction of sp³-hybridized carbons (Fsp3) is 0.0769. The Morgan fingerprint density at radius 1 is 0.938 bits per heavy atom. The van der Waals surface area contributed by atoms with Gasteiger partial charge < -0.3 is 4.74 Å². The van der Waals surface area contributed by atoms with Crippen molar-refractivity contribution in [2.75, 3.05) is 0 Å². The SMILES string of the molecule is BrCc1ccc(Oc2cccc(Br)c2)cc1. The molecule has 0 aliphatic heterocycles. The summed E-state index contributed by atoms with van der Waals surface area (Å²) in [7, 11) is 0. The molecule has 0 bridgehead atoms. The summed E-state index contributed by atoms with van der Waals surface area (Å²) in [5.41, 5.74) is 1.24. The van der Waals surface area contributed by atoms with E-state index in [0.717, 1.165) is 21.3 Å². The van der Waals surface area contributed by atoms with E-state index in [0.29, 0.717) is 0 Å². The molecule has 2 rings (SSSR count). The predicted octanol–water partition coefficient (Wildman–Crippen LogP) is 5.14. The number of rotatable bonds is 3. The van der Waals surface area contributed by atoms with Gasteiger partial charge in [0.15, 0.2) is 0 Å². The zero-order chi connectivity index (χ0) is 11.4. The summed E-state index contributed by atoms with van der Waals surface area (Å²) in [5.74, 6) is 1.68. The van der Waals surface area contributed by atoms with Crippen LogP contribution in [-0.2, 0) is 5.33 Å². The molecule has 0 N–H and O–H groups in total. The Balaban J connectivity index is 2.14. The van der Waals surface area contributed by atoms with E-state index in [1.54, 1.807) is 0 Å². The van der Waals surface area contributed by atoms with Crippen LogP contribution in [0.15, 0.2) is 53.0 Å². The van der Waals surface area contributed by atoms with Crippen molar-refractivity contribution in [3.8, 4) is 11.5 Å². The lowest BCUT2D eigenvalue weighted by Gasteiger charge is -2.06. The number of alkyl halides is 1. The molecule has 0 heterocycles. The van der Waals surface area contributed by atoms with E-state index in [1.165, 1.54) is 5.56 Å². The zero-order valence-corrected chi connectivity index (χ0v) is 11.7. The van der Waals surface area contributed by atoms with Crippen molar-refractivity contribution in [1.82, 2.24) is 0 Å². The van der Waals surface area contributed by atoms with Gasteiger partial charge in [-0.1, -0.05) is 50.1 Å². The minimum Gasteiger partial charge on any atom is -0.457 e. The Hall–Kier alpha value is -0.800. The van der Waals surface area contributed by atoms with E-state index in [4.69, 9.17) is 4.74 Å². The third-order valence-corrected chi connectivity index (χ3v) is 3.25. The Bertz CT molecular complexity index is 466. The normalized spacial score (nSPS) is 10.1. The first-order valence-corrected chi connectivity index (χ1v) is 6.78. The molecular weight excluding hydrogens is 332 g/mol. The third-order valence-electron chi connectivity index (χ3n) is 2.11. The van der Waals surface area contributed by atoms with Crippen molar-refractivity contribution in [3.05, 3.63) is 58.6 Å². The second kappa shape index (κ2) is 5.51. The number of hydrogen-bond acceptors (Lipinski definition) is 1. The van der Waals surface area contributed by atoms with E-state index in [1.807, 2.05) is 48.5 Å². The minimum absolute atomic E-state index is 0.834. The highest BCUT2D eigenvalue weighted by Crippen LogP contribution is 2.24. The van der Waals surface area contributed by atoms with E-state index in [2.05, 4.69) is 31.9 Å². The lowest BCUT2D eigenvalue weighted by molar-refractivity contribution is 0.482.